The number of hydrogen-bond donors (Lipinski definition) is 1. The Morgan fingerprint density at radius 3 is 2.16 bits per heavy atom. The second-order valence-electron chi connectivity index (χ2n) is 5.89. The average molecular weight is 274 g/mol. The third-order valence-electron chi connectivity index (χ3n) is 3.22. The zero-order chi connectivity index (χ0) is 14.0. The van der Waals surface area contributed by atoms with Crippen LogP contribution in [0.3, 0.4) is 0 Å². The van der Waals surface area contributed by atoms with Gasteiger partial charge in [-0.05, 0) is 41.7 Å². The fraction of sp³-hybridized carbons (Fsp3) is 0.294. The lowest BCUT2D eigenvalue weighted by Crippen LogP contribution is -2.10. The van der Waals surface area contributed by atoms with Gasteiger partial charge in [0.1, 0.15) is 0 Å². The van der Waals surface area contributed by atoms with E-state index in [-0.39, 0.29) is 5.41 Å². The molecule has 0 unspecified atom stereocenters. The first-order valence-electron chi connectivity index (χ1n) is 6.50. The van der Waals surface area contributed by atoms with Gasteiger partial charge in [-0.15, -0.1) is 0 Å². The maximum atomic E-state index is 6.28. The quantitative estimate of drug-likeness (QED) is 0.741. The average Bonchev–Trinajstić information content (AvgIpc) is 2.35. The Balaban J connectivity index is 2.23. The maximum absolute atomic E-state index is 6.28. The summed E-state index contributed by atoms with van der Waals surface area (Å²) >= 11 is 6.28. The van der Waals surface area contributed by atoms with Gasteiger partial charge in [-0.3, -0.25) is 0 Å². The fourth-order valence-electron chi connectivity index (χ4n) is 1.95. The molecule has 0 atom stereocenters. The summed E-state index contributed by atoms with van der Waals surface area (Å²) in [6.45, 7) is 8.66. The number of benzene rings is 2. The van der Waals surface area contributed by atoms with Gasteiger partial charge in [0.25, 0.3) is 0 Å². The second kappa shape index (κ2) is 5.26. The van der Waals surface area contributed by atoms with Gasteiger partial charge in [0.2, 0.25) is 0 Å². The summed E-state index contributed by atoms with van der Waals surface area (Å²) in [4.78, 5) is 0. The summed E-state index contributed by atoms with van der Waals surface area (Å²) in [7, 11) is 0. The molecule has 0 fully saturated rings. The normalized spacial score (nSPS) is 11.4. The first kappa shape index (κ1) is 14.0. The van der Waals surface area contributed by atoms with E-state index in [1.54, 1.807) is 0 Å². The van der Waals surface area contributed by atoms with Crippen molar-refractivity contribution in [2.75, 3.05) is 5.32 Å². The van der Waals surface area contributed by atoms with Crippen LogP contribution in [0.2, 0.25) is 5.02 Å². The minimum atomic E-state index is 0.180. The summed E-state index contributed by atoms with van der Waals surface area (Å²) in [6, 6.07) is 14.5. The molecular formula is C17H20ClN. The predicted molar refractivity (Wildman–Crippen MR) is 84.6 cm³/mol. The summed E-state index contributed by atoms with van der Waals surface area (Å²) in [6.07, 6.45) is 0. The van der Waals surface area contributed by atoms with E-state index >= 15 is 0 Å². The van der Waals surface area contributed by atoms with Crippen molar-refractivity contribution >= 4 is 23.0 Å². The number of hydrogen-bond acceptors (Lipinski definition) is 1. The molecule has 2 heteroatoms. The van der Waals surface area contributed by atoms with Crippen molar-refractivity contribution in [2.24, 2.45) is 0 Å². The molecule has 2 aromatic carbocycles. The van der Waals surface area contributed by atoms with Crippen LogP contribution in [0.4, 0.5) is 11.4 Å². The van der Waals surface area contributed by atoms with Crippen LogP contribution in [0.5, 0.6) is 0 Å². The van der Waals surface area contributed by atoms with Gasteiger partial charge >= 0.3 is 0 Å². The lowest BCUT2D eigenvalue weighted by Gasteiger charge is -2.19. The molecule has 0 saturated carbocycles. The van der Waals surface area contributed by atoms with E-state index in [9.17, 15) is 0 Å². The third kappa shape index (κ3) is 3.30. The maximum Gasteiger partial charge on any atom is 0.0670 e. The van der Waals surface area contributed by atoms with E-state index in [4.69, 9.17) is 11.6 Å². The van der Waals surface area contributed by atoms with Gasteiger partial charge in [0.05, 0.1) is 10.7 Å². The first-order chi connectivity index (χ1) is 8.88. The Kier molecular flexibility index (Phi) is 3.86. The molecule has 1 N–H and O–H groups in total. The van der Waals surface area contributed by atoms with Crippen LogP contribution in [0.15, 0.2) is 42.5 Å². The number of nitrogens with one attached hydrogen (secondary N) is 1. The molecule has 0 aliphatic carbocycles. The van der Waals surface area contributed by atoms with Crippen molar-refractivity contribution < 1.29 is 0 Å². The highest BCUT2D eigenvalue weighted by atomic mass is 35.5. The zero-order valence-corrected chi connectivity index (χ0v) is 12.7. The summed E-state index contributed by atoms with van der Waals surface area (Å²) < 4.78 is 0. The van der Waals surface area contributed by atoms with E-state index in [0.29, 0.717) is 0 Å². The summed E-state index contributed by atoms with van der Waals surface area (Å²) in [5, 5.41) is 4.14. The van der Waals surface area contributed by atoms with Crippen LogP contribution < -0.4 is 5.32 Å². The molecule has 0 amide bonds. The summed E-state index contributed by atoms with van der Waals surface area (Å²) in [5.74, 6) is 0. The number of halogens is 1. The zero-order valence-electron chi connectivity index (χ0n) is 11.9. The molecule has 0 aliphatic rings. The predicted octanol–water partition coefficient (Wildman–Crippen LogP) is 5.69. The van der Waals surface area contributed by atoms with Crippen molar-refractivity contribution in [3.8, 4) is 0 Å². The molecule has 0 radical (unpaired) electrons. The van der Waals surface area contributed by atoms with Crippen LogP contribution in [0.1, 0.15) is 31.9 Å². The van der Waals surface area contributed by atoms with Gasteiger partial charge in [-0.25, -0.2) is 0 Å². The molecule has 0 saturated heterocycles. The van der Waals surface area contributed by atoms with Crippen LogP contribution in [0.25, 0.3) is 0 Å². The molecule has 0 aromatic heterocycles. The monoisotopic (exact) mass is 273 g/mol. The highest BCUT2D eigenvalue weighted by Gasteiger charge is 2.13. The fourth-order valence-corrected chi connectivity index (χ4v) is 2.13. The first-order valence-corrected chi connectivity index (χ1v) is 6.88. The Hall–Kier alpha value is -1.47. The largest absolute Gasteiger partial charge is 0.354 e. The van der Waals surface area contributed by atoms with E-state index in [1.165, 1.54) is 5.56 Å². The molecule has 0 bridgehead atoms. The number of anilines is 2. The Bertz CT molecular complexity index is 565. The van der Waals surface area contributed by atoms with E-state index in [2.05, 4.69) is 50.4 Å². The molecular weight excluding hydrogens is 254 g/mol. The van der Waals surface area contributed by atoms with E-state index in [0.717, 1.165) is 22.0 Å². The molecule has 2 aromatic rings. The molecule has 100 valence electrons. The van der Waals surface area contributed by atoms with Gasteiger partial charge in [0, 0.05) is 5.69 Å². The van der Waals surface area contributed by atoms with Crippen molar-refractivity contribution in [3.05, 3.63) is 58.6 Å². The highest BCUT2D eigenvalue weighted by molar-refractivity contribution is 6.34. The Morgan fingerprint density at radius 1 is 0.947 bits per heavy atom. The molecule has 19 heavy (non-hydrogen) atoms. The minimum absolute atomic E-state index is 0.180. The SMILES string of the molecule is Cc1cccc(Nc2ccc(C(C)(C)C)cc2)c1Cl. The number of rotatable bonds is 2. The molecule has 2 rings (SSSR count). The van der Waals surface area contributed by atoms with Crippen LogP contribution >= 0.6 is 11.6 Å². The van der Waals surface area contributed by atoms with Crippen LogP contribution in [-0.2, 0) is 5.41 Å². The third-order valence-corrected chi connectivity index (χ3v) is 3.72. The van der Waals surface area contributed by atoms with E-state index in [1.807, 2.05) is 25.1 Å². The van der Waals surface area contributed by atoms with Crippen molar-refractivity contribution in [1.29, 1.82) is 0 Å². The lowest BCUT2D eigenvalue weighted by molar-refractivity contribution is 0.590. The number of aryl methyl sites for hydroxylation is 1. The smallest absolute Gasteiger partial charge is 0.0670 e. The highest BCUT2D eigenvalue weighted by Crippen LogP contribution is 2.29. The molecule has 0 aliphatic heterocycles. The van der Waals surface area contributed by atoms with E-state index < -0.39 is 0 Å². The lowest BCUT2D eigenvalue weighted by atomic mass is 9.87. The van der Waals surface area contributed by atoms with Crippen molar-refractivity contribution in [2.45, 2.75) is 33.1 Å². The van der Waals surface area contributed by atoms with Gasteiger partial charge < -0.3 is 5.32 Å². The summed E-state index contributed by atoms with van der Waals surface area (Å²) in [5.41, 5.74) is 4.59. The van der Waals surface area contributed by atoms with Gasteiger partial charge in [0.15, 0.2) is 0 Å². The Morgan fingerprint density at radius 2 is 1.58 bits per heavy atom. The van der Waals surface area contributed by atoms with Crippen LogP contribution in [-0.4, -0.2) is 0 Å². The topological polar surface area (TPSA) is 12.0 Å². The Labute approximate surface area is 120 Å². The minimum Gasteiger partial charge on any atom is -0.354 e. The molecule has 0 spiro atoms. The van der Waals surface area contributed by atoms with Crippen molar-refractivity contribution in [3.63, 3.8) is 0 Å². The second-order valence-corrected chi connectivity index (χ2v) is 6.27. The molecule has 0 heterocycles. The standard InChI is InChI=1S/C17H20ClN/c1-12-6-5-7-15(16(12)18)19-14-10-8-13(9-11-14)17(2,3)4/h5-11,19H,1-4H3. The molecule has 1 nitrogen and oxygen atoms in total. The van der Waals surface area contributed by atoms with Gasteiger partial charge in [-0.1, -0.05) is 56.6 Å². The van der Waals surface area contributed by atoms with Crippen LogP contribution in [0, 0.1) is 6.92 Å². The van der Waals surface area contributed by atoms with Crippen molar-refractivity contribution in [1.82, 2.24) is 0 Å². The van der Waals surface area contributed by atoms with Gasteiger partial charge in [-0.2, -0.15) is 0 Å².